The van der Waals surface area contributed by atoms with Gasteiger partial charge in [-0.25, -0.2) is 17.9 Å². The summed E-state index contributed by atoms with van der Waals surface area (Å²) in [6, 6.07) is 13.3. The molecular formula is C18H20N2O5S. The van der Waals surface area contributed by atoms with Crippen LogP contribution in [0.1, 0.15) is 31.8 Å². The van der Waals surface area contributed by atoms with E-state index in [1.54, 1.807) is 48.5 Å². The molecule has 3 N–H and O–H groups in total. The monoisotopic (exact) mass is 376 g/mol. The first-order chi connectivity index (χ1) is 12.2. The van der Waals surface area contributed by atoms with E-state index in [-0.39, 0.29) is 6.61 Å². The third kappa shape index (κ3) is 6.30. The smallest absolute Gasteiger partial charge is 0.338 e. The maximum Gasteiger partial charge on any atom is 0.338 e. The first kappa shape index (κ1) is 19.6. The first-order valence-electron chi connectivity index (χ1n) is 7.84. The number of hydrogen-bond donors (Lipinski definition) is 2. The summed E-state index contributed by atoms with van der Waals surface area (Å²) in [6.07, 6.45) is 1.63. The summed E-state index contributed by atoms with van der Waals surface area (Å²) in [7, 11) is -3.21. The van der Waals surface area contributed by atoms with Crippen LogP contribution in [0.15, 0.2) is 48.5 Å². The van der Waals surface area contributed by atoms with E-state index in [0.29, 0.717) is 24.1 Å². The predicted molar refractivity (Wildman–Crippen MR) is 97.1 cm³/mol. The molecule has 0 spiro atoms. The van der Waals surface area contributed by atoms with Crippen molar-refractivity contribution in [3.8, 4) is 0 Å². The topological polar surface area (TPSA) is 116 Å². The van der Waals surface area contributed by atoms with Crippen molar-refractivity contribution in [2.24, 2.45) is 5.73 Å². The highest BCUT2D eigenvalue weighted by Gasteiger charge is 2.08. The van der Waals surface area contributed by atoms with Crippen LogP contribution >= 0.6 is 0 Å². The van der Waals surface area contributed by atoms with Crippen molar-refractivity contribution >= 4 is 21.9 Å². The molecule has 0 atom stereocenters. The Hall–Kier alpha value is -2.71. The molecule has 0 saturated carbocycles. The standard InChI is InChI=1S/C18H20N2O5S/c1-26(23,24)20-11-10-13-2-8-16(9-3-13)18(22)25-12-14-4-6-15(7-5-14)17(19)21/h2-9,20H,10-12H2,1H3,(H2,19,21). The number of primary amides is 1. The molecule has 0 aromatic heterocycles. The van der Waals surface area contributed by atoms with Crippen LogP contribution in [-0.2, 0) is 27.8 Å². The zero-order valence-electron chi connectivity index (χ0n) is 14.3. The summed E-state index contributed by atoms with van der Waals surface area (Å²) in [4.78, 5) is 23.1. The van der Waals surface area contributed by atoms with E-state index in [1.165, 1.54) is 0 Å². The number of esters is 1. The Morgan fingerprint density at radius 3 is 2.04 bits per heavy atom. The number of benzene rings is 2. The van der Waals surface area contributed by atoms with Gasteiger partial charge in [0.1, 0.15) is 6.61 Å². The molecule has 26 heavy (non-hydrogen) atoms. The van der Waals surface area contributed by atoms with Crippen LogP contribution < -0.4 is 10.5 Å². The largest absolute Gasteiger partial charge is 0.457 e. The molecule has 2 aromatic carbocycles. The fourth-order valence-corrected chi connectivity index (χ4v) is 2.66. The van der Waals surface area contributed by atoms with E-state index in [9.17, 15) is 18.0 Å². The zero-order valence-corrected chi connectivity index (χ0v) is 15.1. The molecular weight excluding hydrogens is 356 g/mol. The number of nitrogens with one attached hydrogen (secondary N) is 1. The summed E-state index contributed by atoms with van der Waals surface area (Å²) in [5, 5.41) is 0. The number of rotatable bonds is 8. The van der Waals surface area contributed by atoms with Gasteiger partial charge in [0.05, 0.1) is 11.8 Å². The van der Waals surface area contributed by atoms with Crippen molar-refractivity contribution in [2.75, 3.05) is 12.8 Å². The van der Waals surface area contributed by atoms with E-state index in [1.807, 2.05) is 0 Å². The van der Waals surface area contributed by atoms with Crippen LogP contribution in [0.5, 0.6) is 0 Å². The summed E-state index contributed by atoms with van der Waals surface area (Å²) >= 11 is 0. The van der Waals surface area contributed by atoms with Crippen molar-refractivity contribution in [3.63, 3.8) is 0 Å². The van der Waals surface area contributed by atoms with Crippen LogP contribution in [-0.4, -0.2) is 33.1 Å². The highest BCUT2D eigenvalue weighted by Crippen LogP contribution is 2.10. The van der Waals surface area contributed by atoms with E-state index in [0.717, 1.165) is 17.4 Å². The molecule has 0 saturated heterocycles. The van der Waals surface area contributed by atoms with Gasteiger partial charge >= 0.3 is 5.97 Å². The third-order valence-electron chi connectivity index (χ3n) is 3.58. The Kier molecular flexibility index (Phi) is 6.48. The van der Waals surface area contributed by atoms with Crippen molar-refractivity contribution in [3.05, 3.63) is 70.8 Å². The molecule has 138 valence electrons. The lowest BCUT2D eigenvalue weighted by Crippen LogP contribution is -2.24. The average molecular weight is 376 g/mol. The molecule has 0 bridgehead atoms. The number of carbonyl (C=O) groups excluding carboxylic acids is 2. The highest BCUT2D eigenvalue weighted by molar-refractivity contribution is 7.88. The SMILES string of the molecule is CS(=O)(=O)NCCc1ccc(C(=O)OCc2ccc(C(N)=O)cc2)cc1. The van der Waals surface area contributed by atoms with E-state index >= 15 is 0 Å². The Balaban J connectivity index is 1.86. The summed E-state index contributed by atoms with van der Waals surface area (Å²) in [5.41, 5.74) is 7.60. The molecule has 0 heterocycles. The van der Waals surface area contributed by atoms with Gasteiger partial charge in [-0.05, 0) is 41.8 Å². The Morgan fingerprint density at radius 1 is 0.962 bits per heavy atom. The number of amides is 1. The van der Waals surface area contributed by atoms with Crippen molar-refractivity contribution in [1.29, 1.82) is 0 Å². The number of nitrogens with two attached hydrogens (primary N) is 1. The van der Waals surface area contributed by atoms with Gasteiger partial charge in [0.2, 0.25) is 15.9 Å². The minimum Gasteiger partial charge on any atom is -0.457 e. The second kappa shape index (κ2) is 8.59. The molecule has 0 aliphatic carbocycles. The molecule has 0 fully saturated rings. The van der Waals surface area contributed by atoms with Crippen LogP contribution in [0.3, 0.4) is 0 Å². The molecule has 7 nitrogen and oxygen atoms in total. The molecule has 0 aliphatic heterocycles. The zero-order chi connectivity index (χ0) is 19.2. The number of sulfonamides is 1. The molecule has 1 amide bonds. The molecule has 2 aromatic rings. The fourth-order valence-electron chi connectivity index (χ4n) is 2.19. The molecule has 8 heteroatoms. The molecule has 0 aliphatic rings. The lowest BCUT2D eigenvalue weighted by molar-refractivity contribution is 0.0472. The van der Waals surface area contributed by atoms with Gasteiger partial charge in [0.25, 0.3) is 0 Å². The lowest BCUT2D eigenvalue weighted by atomic mass is 10.1. The van der Waals surface area contributed by atoms with Crippen molar-refractivity contribution in [1.82, 2.24) is 4.72 Å². The van der Waals surface area contributed by atoms with Gasteiger partial charge in [0, 0.05) is 12.1 Å². The van der Waals surface area contributed by atoms with Crippen LogP contribution in [0.4, 0.5) is 0 Å². The van der Waals surface area contributed by atoms with E-state index < -0.39 is 21.9 Å². The summed E-state index contributed by atoms with van der Waals surface area (Å²) < 4.78 is 29.7. The maximum absolute atomic E-state index is 12.1. The quantitative estimate of drug-likeness (QED) is 0.673. The second-order valence-corrected chi connectivity index (χ2v) is 7.58. The van der Waals surface area contributed by atoms with Crippen molar-refractivity contribution in [2.45, 2.75) is 13.0 Å². The fraction of sp³-hybridized carbons (Fsp3) is 0.222. The summed E-state index contributed by atoms with van der Waals surface area (Å²) in [5.74, 6) is -0.981. The van der Waals surface area contributed by atoms with Gasteiger partial charge in [0.15, 0.2) is 0 Å². The lowest BCUT2D eigenvalue weighted by Gasteiger charge is -2.07. The first-order valence-corrected chi connectivity index (χ1v) is 9.73. The van der Waals surface area contributed by atoms with Crippen LogP contribution in [0.2, 0.25) is 0 Å². The Bertz CT molecular complexity index is 875. The molecule has 0 unspecified atom stereocenters. The van der Waals surface area contributed by atoms with E-state index in [2.05, 4.69) is 4.72 Å². The minimum atomic E-state index is -3.21. The maximum atomic E-state index is 12.1. The summed E-state index contributed by atoms with van der Waals surface area (Å²) in [6.45, 7) is 0.377. The van der Waals surface area contributed by atoms with Gasteiger partial charge < -0.3 is 10.5 Å². The van der Waals surface area contributed by atoms with Crippen molar-refractivity contribution < 1.29 is 22.7 Å². The van der Waals surface area contributed by atoms with Gasteiger partial charge in [-0.2, -0.15) is 0 Å². The van der Waals surface area contributed by atoms with Gasteiger partial charge in [-0.3, -0.25) is 4.79 Å². The Labute approximate surface area is 152 Å². The average Bonchev–Trinajstić information content (AvgIpc) is 2.59. The number of carbonyl (C=O) groups is 2. The number of hydrogen-bond acceptors (Lipinski definition) is 5. The molecule has 0 radical (unpaired) electrons. The van der Waals surface area contributed by atoms with Crippen LogP contribution in [0, 0.1) is 0 Å². The molecule has 2 rings (SSSR count). The highest BCUT2D eigenvalue weighted by atomic mass is 32.2. The van der Waals surface area contributed by atoms with Crippen LogP contribution in [0.25, 0.3) is 0 Å². The van der Waals surface area contributed by atoms with E-state index in [4.69, 9.17) is 10.5 Å². The normalized spacial score (nSPS) is 11.1. The third-order valence-corrected chi connectivity index (χ3v) is 4.30. The Morgan fingerprint density at radius 2 is 1.50 bits per heavy atom. The predicted octanol–water partition coefficient (Wildman–Crippen LogP) is 1.23. The number of ether oxygens (including phenoxy) is 1. The second-order valence-electron chi connectivity index (χ2n) is 5.75. The van der Waals surface area contributed by atoms with Gasteiger partial charge in [-0.15, -0.1) is 0 Å². The minimum absolute atomic E-state index is 0.0813. The van der Waals surface area contributed by atoms with Gasteiger partial charge in [-0.1, -0.05) is 24.3 Å².